The van der Waals surface area contributed by atoms with Crippen LogP contribution in [-0.2, 0) is 4.79 Å². The maximum atomic E-state index is 14.1. The summed E-state index contributed by atoms with van der Waals surface area (Å²) in [6.45, 7) is 1.62. The van der Waals surface area contributed by atoms with E-state index in [0.29, 0.717) is 17.9 Å². The molecule has 0 aliphatic carbocycles. The molecule has 118 valence electrons. The molecule has 1 saturated heterocycles. The number of nitrogens with one attached hydrogen (secondary N) is 2. The average Bonchev–Trinajstić information content (AvgIpc) is 3.02. The molecule has 1 unspecified atom stereocenters. The maximum absolute atomic E-state index is 14.1. The Bertz CT molecular complexity index is 628. The molecular weight excluding hydrogens is 309 g/mol. The standard InChI is InChI=1S/C14H16FN5O.ClH/c15-12-6-11(3-4-13(12)20-9-17-8-18-20)19-14(21)10-2-1-5-16-7-10;/h3-4,6,8-10,16H,1-2,5,7H2,(H,19,21);1H. The van der Waals surface area contributed by atoms with Gasteiger partial charge in [-0.2, -0.15) is 5.10 Å². The van der Waals surface area contributed by atoms with Gasteiger partial charge >= 0.3 is 0 Å². The fourth-order valence-electron chi connectivity index (χ4n) is 2.42. The van der Waals surface area contributed by atoms with E-state index in [4.69, 9.17) is 0 Å². The van der Waals surface area contributed by atoms with Crippen molar-refractivity contribution in [3.63, 3.8) is 0 Å². The molecule has 0 spiro atoms. The highest BCUT2D eigenvalue weighted by Crippen LogP contribution is 2.19. The molecule has 1 amide bonds. The third-order valence-corrected chi connectivity index (χ3v) is 3.55. The molecule has 2 heterocycles. The summed E-state index contributed by atoms with van der Waals surface area (Å²) < 4.78 is 15.4. The first-order valence-corrected chi connectivity index (χ1v) is 6.90. The fraction of sp³-hybridized carbons (Fsp3) is 0.357. The molecule has 1 aromatic heterocycles. The minimum absolute atomic E-state index is 0. The van der Waals surface area contributed by atoms with E-state index >= 15 is 0 Å². The molecule has 0 saturated carbocycles. The normalized spacial score (nSPS) is 17.6. The summed E-state index contributed by atoms with van der Waals surface area (Å²) in [5.41, 5.74) is 0.747. The van der Waals surface area contributed by atoms with Crippen LogP contribution in [0.4, 0.5) is 10.1 Å². The lowest BCUT2D eigenvalue weighted by Crippen LogP contribution is -2.37. The Morgan fingerprint density at radius 1 is 1.45 bits per heavy atom. The van der Waals surface area contributed by atoms with E-state index in [0.717, 1.165) is 19.4 Å². The summed E-state index contributed by atoms with van der Waals surface area (Å²) in [5.74, 6) is -0.591. The molecule has 0 bridgehead atoms. The number of rotatable bonds is 3. The number of nitrogens with zero attached hydrogens (tertiary/aromatic N) is 3. The number of amides is 1. The topological polar surface area (TPSA) is 71.8 Å². The SMILES string of the molecule is Cl.O=C(Nc1ccc(-n2cncn2)c(F)c1)C1CCCNC1. The van der Waals surface area contributed by atoms with Crippen LogP contribution in [0.25, 0.3) is 5.69 Å². The van der Waals surface area contributed by atoms with E-state index in [1.807, 2.05) is 0 Å². The molecular formula is C14H17ClFN5O. The van der Waals surface area contributed by atoms with Crippen LogP contribution in [0.3, 0.4) is 0 Å². The zero-order chi connectivity index (χ0) is 14.7. The van der Waals surface area contributed by atoms with Crippen LogP contribution in [0.1, 0.15) is 12.8 Å². The Morgan fingerprint density at radius 3 is 2.95 bits per heavy atom. The lowest BCUT2D eigenvalue weighted by Gasteiger charge is -2.22. The zero-order valence-electron chi connectivity index (χ0n) is 11.8. The van der Waals surface area contributed by atoms with Crippen LogP contribution < -0.4 is 10.6 Å². The van der Waals surface area contributed by atoms with Crippen LogP contribution in [-0.4, -0.2) is 33.8 Å². The van der Waals surface area contributed by atoms with E-state index in [1.54, 1.807) is 12.1 Å². The van der Waals surface area contributed by atoms with Gasteiger partial charge in [0.2, 0.25) is 5.91 Å². The molecule has 3 rings (SSSR count). The third kappa shape index (κ3) is 3.61. The van der Waals surface area contributed by atoms with E-state index in [-0.39, 0.29) is 24.2 Å². The first kappa shape index (κ1) is 16.4. The minimum atomic E-state index is -0.458. The summed E-state index contributed by atoms with van der Waals surface area (Å²) in [6.07, 6.45) is 4.60. The number of halogens is 2. The van der Waals surface area contributed by atoms with Crippen molar-refractivity contribution in [1.29, 1.82) is 0 Å². The van der Waals surface area contributed by atoms with Crippen molar-refractivity contribution < 1.29 is 9.18 Å². The van der Waals surface area contributed by atoms with Gasteiger partial charge in [-0.15, -0.1) is 12.4 Å². The van der Waals surface area contributed by atoms with Crippen molar-refractivity contribution in [1.82, 2.24) is 20.1 Å². The number of hydrogen-bond donors (Lipinski definition) is 2. The number of carbonyl (C=O) groups is 1. The Labute approximate surface area is 133 Å². The molecule has 2 aromatic rings. The fourth-order valence-corrected chi connectivity index (χ4v) is 2.42. The number of aromatic nitrogens is 3. The first-order chi connectivity index (χ1) is 10.2. The molecule has 8 heteroatoms. The van der Waals surface area contributed by atoms with E-state index in [1.165, 1.54) is 23.4 Å². The second kappa shape index (κ2) is 7.33. The number of hydrogen-bond acceptors (Lipinski definition) is 4. The third-order valence-electron chi connectivity index (χ3n) is 3.55. The number of benzene rings is 1. The molecule has 1 aromatic carbocycles. The Kier molecular flexibility index (Phi) is 5.46. The number of carbonyl (C=O) groups excluding carboxylic acids is 1. The van der Waals surface area contributed by atoms with Crippen molar-refractivity contribution >= 4 is 24.0 Å². The monoisotopic (exact) mass is 325 g/mol. The van der Waals surface area contributed by atoms with Crippen LogP contribution in [0, 0.1) is 11.7 Å². The molecule has 2 N–H and O–H groups in total. The van der Waals surface area contributed by atoms with Crippen molar-refractivity contribution in [3.8, 4) is 5.69 Å². The molecule has 1 fully saturated rings. The van der Waals surface area contributed by atoms with Gasteiger partial charge in [0.05, 0.1) is 5.92 Å². The van der Waals surface area contributed by atoms with E-state index < -0.39 is 5.82 Å². The Hall–Kier alpha value is -1.99. The van der Waals surface area contributed by atoms with Gasteiger partial charge in [0.15, 0.2) is 5.82 Å². The van der Waals surface area contributed by atoms with Crippen molar-refractivity contribution in [2.24, 2.45) is 5.92 Å². The average molecular weight is 326 g/mol. The lowest BCUT2D eigenvalue weighted by molar-refractivity contribution is -0.120. The van der Waals surface area contributed by atoms with Gasteiger partial charge in [0.25, 0.3) is 0 Å². The highest BCUT2D eigenvalue weighted by molar-refractivity contribution is 5.92. The molecule has 1 atom stereocenters. The van der Waals surface area contributed by atoms with Gasteiger partial charge < -0.3 is 10.6 Å². The van der Waals surface area contributed by atoms with E-state index in [9.17, 15) is 9.18 Å². The predicted molar refractivity (Wildman–Crippen MR) is 82.8 cm³/mol. The lowest BCUT2D eigenvalue weighted by atomic mass is 9.99. The Balaban J connectivity index is 0.00000176. The summed E-state index contributed by atoms with van der Waals surface area (Å²) in [6, 6.07) is 4.53. The number of piperidine rings is 1. The highest BCUT2D eigenvalue weighted by atomic mass is 35.5. The molecule has 1 aliphatic heterocycles. The summed E-state index contributed by atoms with van der Waals surface area (Å²) in [4.78, 5) is 15.9. The maximum Gasteiger partial charge on any atom is 0.228 e. The largest absolute Gasteiger partial charge is 0.326 e. The molecule has 0 radical (unpaired) electrons. The van der Waals surface area contributed by atoms with Crippen LogP contribution in [0.2, 0.25) is 0 Å². The quantitative estimate of drug-likeness (QED) is 0.902. The zero-order valence-corrected chi connectivity index (χ0v) is 12.6. The van der Waals surface area contributed by atoms with Gasteiger partial charge in [0, 0.05) is 12.2 Å². The summed E-state index contributed by atoms with van der Waals surface area (Å²) >= 11 is 0. The first-order valence-electron chi connectivity index (χ1n) is 6.90. The highest BCUT2D eigenvalue weighted by Gasteiger charge is 2.21. The van der Waals surface area contributed by atoms with Gasteiger partial charge in [-0.05, 0) is 37.6 Å². The van der Waals surface area contributed by atoms with Crippen molar-refractivity contribution in [3.05, 3.63) is 36.7 Å². The van der Waals surface area contributed by atoms with Gasteiger partial charge in [-0.25, -0.2) is 14.1 Å². The van der Waals surface area contributed by atoms with Crippen molar-refractivity contribution in [2.75, 3.05) is 18.4 Å². The summed E-state index contributed by atoms with van der Waals surface area (Å²) in [5, 5.41) is 9.83. The van der Waals surface area contributed by atoms with E-state index in [2.05, 4.69) is 20.7 Å². The van der Waals surface area contributed by atoms with Crippen LogP contribution >= 0.6 is 12.4 Å². The molecule has 22 heavy (non-hydrogen) atoms. The second-order valence-corrected chi connectivity index (χ2v) is 5.04. The summed E-state index contributed by atoms with van der Waals surface area (Å²) in [7, 11) is 0. The van der Waals surface area contributed by atoms with Gasteiger partial charge in [-0.3, -0.25) is 4.79 Å². The smallest absolute Gasteiger partial charge is 0.228 e. The minimum Gasteiger partial charge on any atom is -0.326 e. The predicted octanol–water partition coefficient (Wildman–Crippen LogP) is 1.77. The second-order valence-electron chi connectivity index (χ2n) is 5.04. The molecule has 6 nitrogen and oxygen atoms in total. The Morgan fingerprint density at radius 2 is 2.32 bits per heavy atom. The van der Waals surface area contributed by atoms with Gasteiger partial charge in [0.1, 0.15) is 18.3 Å². The molecule has 1 aliphatic rings. The van der Waals surface area contributed by atoms with Crippen LogP contribution in [0.5, 0.6) is 0 Å². The number of anilines is 1. The van der Waals surface area contributed by atoms with Gasteiger partial charge in [-0.1, -0.05) is 0 Å². The van der Waals surface area contributed by atoms with Crippen LogP contribution in [0.15, 0.2) is 30.9 Å². The van der Waals surface area contributed by atoms with Crippen molar-refractivity contribution in [2.45, 2.75) is 12.8 Å².